The summed E-state index contributed by atoms with van der Waals surface area (Å²) in [6.45, 7) is 8.77. The first-order valence-corrected chi connectivity index (χ1v) is 12.8. The molecule has 2 aromatic carbocycles. The third kappa shape index (κ3) is 8.19. The zero-order valence-corrected chi connectivity index (χ0v) is 21.7. The highest BCUT2D eigenvalue weighted by Gasteiger charge is 2.11. The minimum Gasteiger partial charge on any atom is -0.488 e. The summed E-state index contributed by atoms with van der Waals surface area (Å²) in [6, 6.07) is 16.1. The smallest absolute Gasteiger partial charge is 0.230 e. The standard InChI is InChI=1S/C27H31ClN4OS/c1-5-9-21(14-20(4)28)16-33-25-13-7-6-12-24(25)26-29-18-30-27(32-26)31-23-11-8-10-22(15-23)17-34-19(2)3/h6-15,18-19H,5,16-17H2,1-4H3,(H,29,30,31,32)/b20-14+,21-9+. The molecule has 0 amide bonds. The molecule has 1 heterocycles. The van der Waals surface area contributed by atoms with Crippen LogP contribution < -0.4 is 10.1 Å². The fourth-order valence-corrected chi connectivity index (χ4v) is 4.08. The van der Waals surface area contributed by atoms with Crippen molar-refractivity contribution in [3.8, 4) is 17.1 Å². The van der Waals surface area contributed by atoms with E-state index >= 15 is 0 Å². The number of thioether (sulfide) groups is 1. The van der Waals surface area contributed by atoms with Crippen molar-refractivity contribution < 1.29 is 4.74 Å². The molecule has 0 aliphatic carbocycles. The molecule has 5 nitrogen and oxygen atoms in total. The van der Waals surface area contributed by atoms with Crippen LogP contribution in [0.3, 0.4) is 0 Å². The molecule has 0 bridgehead atoms. The minimum atomic E-state index is 0.409. The molecule has 0 atom stereocenters. The van der Waals surface area contributed by atoms with E-state index in [1.165, 1.54) is 11.9 Å². The van der Waals surface area contributed by atoms with E-state index in [2.05, 4.69) is 59.2 Å². The predicted molar refractivity (Wildman–Crippen MR) is 145 cm³/mol. The monoisotopic (exact) mass is 494 g/mol. The van der Waals surface area contributed by atoms with Gasteiger partial charge in [-0.25, -0.2) is 9.97 Å². The van der Waals surface area contributed by atoms with Crippen LogP contribution in [0.25, 0.3) is 11.4 Å². The van der Waals surface area contributed by atoms with Crippen LogP contribution in [0, 0.1) is 0 Å². The number of aromatic nitrogens is 3. The Bertz CT molecular complexity index is 1140. The lowest BCUT2D eigenvalue weighted by Crippen LogP contribution is -2.04. The maximum Gasteiger partial charge on any atom is 0.230 e. The molecule has 7 heteroatoms. The van der Waals surface area contributed by atoms with Gasteiger partial charge in [0.1, 0.15) is 18.7 Å². The lowest BCUT2D eigenvalue weighted by atomic mass is 10.2. The molecule has 3 aromatic rings. The molecular weight excluding hydrogens is 464 g/mol. The van der Waals surface area contributed by atoms with Gasteiger partial charge in [-0.15, -0.1) is 0 Å². The Balaban J connectivity index is 1.78. The Hall–Kier alpha value is -2.83. The molecule has 0 unspecified atom stereocenters. The van der Waals surface area contributed by atoms with Crippen LogP contribution in [-0.2, 0) is 5.75 Å². The van der Waals surface area contributed by atoms with Gasteiger partial charge < -0.3 is 10.1 Å². The SMILES string of the molecule is CC/C=C(\C=C(/C)Cl)COc1ccccc1-c1ncnc(Nc2cccc(CSC(C)C)c2)n1. The van der Waals surface area contributed by atoms with Crippen LogP contribution in [0.15, 0.2) is 77.6 Å². The van der Waals surface area contributed by atoms with Crippen molar-refractivity contribution in [2.45, 2.75) is 45.1 Å². The lowest BCUT2D eigenvalue weighted by Gasteiger charge is -2.12. The van der Waals surface area contributed by atoms with Crippen LogP contribution in [0.1, 0.15) is 39.7 Å². The van der Waals surface area contributed by atoms with Gasteiger partial charge in [0, 0.05) is 16.5 Å². The second-order valence-corrected chi connectivity index (χ2v) is 10.2. The molecule has 34 heavy (non-hydrogen) atoms. The Morgan fingerprint density at radius 1 is 1.15 bits per heavy atom. The summed E-state index contributed by atoms with van der Waals surface area (Å²) in [6.07, 6.45) is 6.45. The third-order valence-electron chi connectivity index (χ3n) is 4.71. The van der Waals surface area contributed by atoms with Crippen molar-refractivity contribution >= 4 is 35.0 Å². The Morgan fingerprint density at radius 2 is 1.97 bits per heavy atom. The number of hydrogen-bond acceptors (Lipinski definition) is 6. The second-order valence-electron chi connectivity index (χ2n) is 8.02. The quantitative estimate of drug-likeness (QED) is 0.274. The molecule has 0 radical (unpaired) electrons. The Labute approximate surface area is 211 Å². The first-order chi connectivity index (χ1) is 16.4. The Morgan fingerprint density at radius 3 is 2.74 bits per heavy atom. The molecule has 0 aliphatic heterocycles. The Kier molecular flexibility index (Phi) is 9.98. The van der Waals surface area contributed by atoms with E-state index in [0.29, 0.717) is 29.4 Å². The second kappa shape index (κ2) is 13.2. The van der Waals surface area contributed by atoms with Crippen LogP contribution in [0.2, 0.25) is 0 Å². The number of hydrogen-bond donors (Lipinski definition) is 1. The first-order valence-electron chi connectivity index (χ1n) is 11.4. The molecule has 1 aromatic heterocycles. The average molecular weight is 495 g/mol. The van der Waals surface area contributed by atoms with E-state index in [9.17, 15) is 0 Å². The van der Waals surface area contributed by atoms with Crippen molar-refractivity contribution in [2.24, 2.45) is 0 Å². The molecule has 0 saturated heterocycles. The number of anilines is 2. The van der Waals surface area contributed by atoms with Crippen molar-refractivity contribution in [2.75, 3.05) is 11.9 Å². The highest BCUT2D eigenvalue weighted by atomic mass is 35.5. The van der Waals surface area contributed by atoms with E-state index in [1.807, 2.05) is 61.2 Å². The van der Waals surface area contributed by atoms with Crippen LogP contribution in [0.5, 0.6) is 5.75 Å². The number of ether oxygens (including phenoxy) is 1. The summed E-state index contributed by atoms with van der Waals surface area (Å²) in [7, 11) is 0. The number of rotatable bonds is 11. The van der Waals surface area contributed by atoms with Gasteiger partial charge in [0.2, 0.25) is 5.95 Å². The normalized spacial score (nSPS) is 12.2. The number of halogens is 1. The van der Waals surface area contributed by atoms with Crippen molar-refractivity contribution in [1.82, 2.24) is 15.0 Å². The topological polar surface area (TPSA) is 59.9 Å². The van der Waals surface area contributed by atoms with Crippen LogP contribution >= 0.6 is 23.4 Å². The van der Waals surface area contributed by atoms with Crippen molar-refractivity contribution in [3.63, 3.8) is 0 Å². The zero-order chi connectivity index (χ0) is 24.3. The molecular formula is C27H31ClN4OS. The molecule has 3 rings (SSSR count). The molecule has 0 aliphatic rings. The fourth-order valence-electron chi connectivity index (χ4n) is 3.23. The van der Waals surface area contributed by atoms with E-state index < -0.39 is 0 Å². The van der Waals surface area contributed by atoms with Crippen LogP contribution in [0.4, 0.5) is 11.6 Å². The summed E-state index contributed by atoms with van der Waals surface area (Å²) < 4.78 is 6.13. The molecule has 1 N–H and O–H groups in total. The minimum absolute atomic E-state index is 0.409. The van der Waals surface area contributed by atoms with Gasteiger partial charge in [-0.1, -0.05) is 62.7 Å². The number of para-hydroxylation sites is 1. The lowest BCUT2D eigenvalue weighted by molar-refractivity contribution is 0.356. The molecule has 0 saturated carbocycles. The maximum atomic E-state index is 6.13. The third-order valence-corrected chi connectivity index (χ3v) is 5.99. The van der Waals surface area contributed by atoms with Gasteiger partial charge in [0.05, 0.1) is 5.56 Å². The maximum absolute atomic E-state index is 6.13. The zero-order valence-electron chi connectivity index (χ0n) is 20.1. The highest BCUT2D eigenvalue weighted by Crippen LogP contribution is 2.28. The van der Waals surface area contributed by atoms with E-state index in [1.54, 1.807) is 0 Å². The number of nitrogens with one attached hydrogen (secondary N) is 1. The summed E-state index contributed by atoms with van der Waals surface area (Å²) in [5.74, 6) is 2.70. The van der Waals surface area contributed by atoms with Gasteiger partial charge in [-0.05, 0) is 60.1 Å². The number of allylic oxidation sites excluding steroid dienone is 2. The summed E-state index contributed by atoms with van der Waals surface area (Å²) in [5.41, 5.74) is 4.03. The first kappa shape index (κ1) is 25.8. The van der Waals surface area contributed by atoms with Crippen molar-refractivity contribution in [1.29, 1.82) is 0 Å². The molecule has 0 spiro atoms. The summed E-state index contributed by atoms with van der Waals surface area (Å²) in [4.78, 5) is 13.4. The van der Waals surface area contributed by atoms with Gasteiger partial charge in [-0.3, -0.25) is 0 Å². The van der Waals surface area contributed by atoms with Gasteiger partial charge in [-0.2, -0.15) is 16.7 Å². The van der Waals surface area contributed by atoms with Gasteiger partial charge >= 0.3 is 0 Å². The average Bonchev–Trinajstić information content (AvgIpc) is 2.82. The summed E-state index contributed by atoms with van der Waals surface area (Å²) in [5, 5.41) is 4.62. The molecule has 0 fully saturated rings. The fraction of sp³-hybridized carbons (Fsp3) is 0.296. The van der Waals surface area contributed by atoms with Crippen LogP contribution in [-0.4, -0.2) is 26.8 Å². The molecule has 178 valence electrons. The predicted octanol–water partition coefficient (Wildman–Crippen LogP) is 7.78. The van der Waals surface area contributed by atoms with Crippen molar-refractivity contribution in [3.05, 3.63) is 83.2 Å². The number of benzene rings is 2. The van der Waals surface area contributed by atoms with E-state index in [4.69, 9.17) is 16.3 Å². The highest BCUT2D eigenvalue weighted by molar-refractivity contribution is 7.99. The van der Waals surface area contributed by atoms with E-state index in [0.717, 1.165) is 34.0 Å². The largest absolute Gasteiger partial charge is 0.488 e. The van der Waals surface area contributed by atoms with Gasteiger partial charge in [0.25, 0.3) is 0 Å². The summed E-state index contributed by atoms with van der Waals surface area (Å²) >= 11 is 7.99. The van der Waals surface area contributed by atoms with Gasteiger partial charge in [0.15, 0.2) is 5.82 Å². The number of nitrogens with zero attached hydrogens (tertiary/aromatic N) is 3. The van der Waals surface area contributed by atoms with E-state index in [-0.39, 0.29) is 0 Å².